The summed E-state index contributed by atoms with van der Waals surface area (Å²) in [7, 11) is 1.62. The van der Waals surface area contributed by atoms with Gasteiger partial charge >= 0.3 is 0 Å². The van der Waals surface area contributed by atoms with Gasteiger partial charge in [0.05, 0.1) is 6.61 Å². The summed E-state index contributed by atoms with van der Waals surface area (Å²) >= 11 is 0. The first-order valence-electron chi connectivity index (χ1n) is 7.95. The minimum atomic E-state index is 0.0178. The lowest BCUT2D eigenvalue weighted by atomic mass is 10.0. The first kappa shape index (κ1) is 16.7. The summed E-state index contributed by atoms with van der Waals surface area (Å²) in [5, 5.41) is 0. The zero-order chi connectivity index (χ0) is 16.1. The monoisotopic (exact) mass is 306 g/mol. The fourth-order valence-electron chi connectivity index (χ4n) is 2.39. The van der Waals surface area contributed by atoms with Crippen LogP contribution >= 0.6 is 0 Å². The maximum Gasteiger partial charge on any atom is 0.259 e. The molecular weight excluding hydrogens is 280 g/mol. The van der Waals surface area contributed by atoms with E-state index in [4.69, 9.17) is 9.47 Å². The van der Waals surface area contributed by atoms with E-state index in [1.54, 1.807) is 25.4 Å². The molecule has 1 aromatic heterocycles. The smallest absolute Gasteiger partial charge is 0.259 e. The zero-order valence-corrected chi connectivity index (χ0v) is 13.9. The van der Waals surface area contributed by atoms with Gasteiger partial charge in [0, 0.05) is 25.4 Å². The molecule has 1 aromatic rings. The van der Waals surface area contributed by atoms with Crippen LogP contribution in [0.25, 0.3) is 0 Å². The second kappa shape index (κ2) is 7.58. The van der Waals surface area contributed by atoms with Crippen molar-refractivity contribution < 1.29 is 14.3 Å². The molecule has 22 heavy (non-hydrogen) atoms. The van der Waals surface area contributed by atoms with Gasteiger partial charge in [0.1, 0.15) is 12.2 Å². The normalized spacial score (nSPS) is 15.7. The Morgan fingerprint density at radius 2 is 2.09 bits per heavy atom. The van der Waals surface area contributed by atoms with E-state index >= 15 is 0 Å². The average molecular weight is 306 g/mol. The molecule has 1 aliphatic carbocycles. The summed E-state index contributed by atoms with van der Waals surface area (Å²) in [6.07, 6.45) is 3.82. The number of aromatic nitrogens is 1. The largest absolute Gasteiger partial charge is 0.475 e. The van der Waals surface area contributed by atoms with Crippen molar-refractivity contribution in [2.45, 2.75) is 45.7 Å². The topological polar surface area (TPSA) is 51.7 Å². The molecule has 1 unspecified atom stereocenters. The molecule has 1 heterocycles. The number of hydrogen-bond donors (Lipinski definition) is 0. The standard InChI is InChI=1S/C17H26N2O3/c1-12(2)13(3)19(14-7-8-14)17(20)15-6-5-9-18-16(15)22-11-10-21-4/h5-6,9,12-14H,7-8,10-11H2,1-4H3. The number of carbonyl (C=O) groups excluding carboxylic acids is 1. The van der Waals surface area contributed by atoms with E-state index < -0.39 is 0 Å². The Hall–Kier alpha value is -1.62. The fraction of sp³-hybridized carbons (Fsp3) is 0.647. The summed E-state index contributed by atoms with van der Waals surface area (Å²) in [6, 6.07) is 4.13. The van der Waals surface area contributed by atoms with E-state index in [9.17, 15) is 4.79 Å². The number of ether oxygens (including phenoxy) is 2. The van der Waals surface area contributed by atoms with Crippen molar-refractivity contribution in [2.75, 3.05) is 20.3 Å². The zero-order valence-electron chi connectivity index (χ0n) is 13.9. The van der Waals surface area contributed by atoms with Crippen molar-refractivity contribution in [1.29, 1.82) is 0 Å². The molecule has 1 amide bonds. The molecule has 1 fully saturated rings. The average Bonchev–Trinajstić information content (AvgIpc) is 3.32. The van der Waals surface area contributed by atoms with Gasteiger partial charge in [-0.2, -0.15) is 0 Å². The van der Waals surface area contributed by atoms with Crippen LogP contribution in [-0.4, -0.2) is 48.2 Å². The summed E-state index contributed by atoms with van der Waals surface area (Å²) in [5.74, 6) is 0.828. The number of hydrogen-bond acceptors (Lipinski definition) is 4. The number of carbonyl (C=O) groups is 1. The Kier molecular flexibility index (Phi) is 5.77. The number of amides is 1. The van der Waals surface area contributed by atoms with Crippen molar-refractivity contribution in [2.24, 2.45) is 5.92 Å². The van der Waals surface area contributed by atoms with E-state index in [0.29, 0.717) is 36.6 Å². The van der Waals surface area contributed by atoms with Gasteiger partial charge in [-0.1, -0.05) is 13.8 Å². The van der Waals surface area contributed by atoms with Gasteiger partial charge in [-0.15, -0.1) is 0 Å². The quantitative estimate of drug-likeness (QED) is 0.693. The van der Waals surface area contributed by atoms with Crippen LogP contribution in [0.5, 0.6) is 5.88 Å². The van der Waals surface area contributed by atoms with Crippen LogP contribution in [0.2, 0.25) is 0 Å². The molecule has 0 aliphatic heterocycles. The minimum Gasteiger partial charge on any atom is -0.475 e. The molecule has 1 aliphatic rings. The highest BCUT2D eigenvalue weighted by Gasteiger charge is 2.38. The van der Waals surface area contributed by atoms with Crippen molar-refractivity contribution >= 4 is 5.91 Å². The maximum atomic E-state index is 13.0. The summed E-state index contributed by atoms with van der Waals surface area (Å²) in [6.45, 7) is 7.26. The van der Waals surface area contributed by atoms with Gasteiger partial charge in [0.25, 0.3) is 5.91 Å². The van der Waals surface area contributed by atoms with Crippen molar-refractivity contribution in [3.05, 3.63) is 23.9 Å². The Labute approximate surface area is 132 Å². The first-order chi connectivity index (χ1) is 10.6. The highest BCUT2D eigenvalue weighted by atomic mass is 16.5. The third-order valence-corrected chi connectivity index (χ3v) is 4.11. The van der Waals surface area contributed by atoms with Crippen LogP contribution in [0, 0.1) is 5.92 Å². The predicted octanol–water partition coefficient (Wildman–Crippen LogP) is 2.76. The Bertz CT molecular complexity index is 500. The van der Waals surface area contributed by atoms with Crippen LogP contribution in [0.1, 0.15) is 44.0 Å². The third kappa shape index (κ3) is 3.97. The van der Waals surface area contributed by atoms with Crippen LogP contribution in [-0.2, 0) is 4.74 Å². The third-order valence-electron chi connectivity index (χ3n) is 4.11. The van der Waals surface area contributed by atoms with E-state index in [0.717, 1.165) is 12.8 Å². The van der Waals surface area contributed by atoms with Gasteiger partial charge in [0.15, 0.2) is 0 Å². The summed E-state index contributed by atoms with van der Waals surface area (Å²) in [5.41, 5.74) is 0.540. The van der Waals surface area contributed by atoms with Crippen molar-refractivity contribution in [1.82, 2.24) is 9.88 Å². The highest BCUT2D eigenvalue weighted by Crippen LogP contribution is 2.33. The highest BCUT2D eigenvalue weighted by molar-refractivity contribution is 5.97. The Morgan fingerprint density at radius 3 is 2.68 bits per heavy atom. The van der Waals surface area contributed by atoms with E-state index in [1.807, 2.05) is 4.90 Å². The van der Waals surface area contributed by atoms with Crippen molar-refractivity contribution in [3.8, 4) is 5.88 Å². The molecule has 1 saturated carbocycles. The van der Waals surface area contributed by atoms with Gasteiger partial charge in [-0.3, -0.25) is 4.79 Å². The second-order valence-electron chi connectivity index (χ2n) is 6.13. The molecular formula is C17H26N2O3. The molecule has 0 N–H and O–H groups in total. The molecule has 5 heteroatoms. The van der Waals surface area contributed by atoms with Gasteiger partial charge < -0.3 is 14.4 Å². The maximum absolute atomic E-state index is 13.0. The van der Waals surface area contributed by atoms with Gasteiger partial charge in [-0.25, -0.2) is 4.98 Å². The number of rotatable bonds is 8. The number of methoxy groups -OCH3 is 1. The van der Waals surface area contributed by atoms with Crippen LogP contribution < -0.4 is 4.74 Å². The van der Waals surface area contributed by atoms with Crippen molar-refractivity contribution in [3.63, 3.8) is 0 Å². The predicted molar refractivity (Wildman–Crippen MR) is 85.1 cm³/mol. The van der Waals surface area contributed by atoms with Crippen LogP contribution in [0.4, 0.5) is 0 Å². The number of nitrogens with zero attached hydrogens (tertiary/aromatic N) is 2. The molecule has 0 spiro atoms. The summed E-state index contributed by atoms with van der Waals surface area (Å²) in [4.78, 5) is 19.2. The lowest BCUT2D eigenvalue weighted by Crippen LogP contribution is -2.43. The van der Waals surface area contributed by atoms with E-state index in [-0.39, 0.29) is 11.9 Å². The SMILES string of the molecule is COCCOc1ncccc1C(=O)N(C1CC1)C(C)C(C)C. The molecule has 0 aromatic carbocycles. The molecule has 122 valence electrons. The molecule has 5 nitrogen and oxygen atoms in total. The minimum absolute atomic E-state index is 0.0178. The summed E-state index contributed by atoms with van der Waals surface area (Å²) < 4.78 is 10.6. The lowest BCUT2D eigenvalue weighted by molar-refractivity contribution is 0.0620. The van der Waals surface area contributed by atoms with Gasteiger partial charge in [-0.05, 0) is 37.8 Å². The van der Waals surface area contributed by atoms with Crippen LogP contribution in [0.15, 0.2) is 18.3 Å². The molecule has 1 atom stereocenters. The second-order valence-corrected chi connectivity index (χ2v) is 6.13. The lowest BCUT2D eigenvalue weighted by Gasteiger charge is -2.32. The molecule has 0 bridgehead atoms. The first-order valence-corrected chi connectivity index (χ1v) is 7.95. The van der Waals surface area contributed by atoms with E-state index in [2.05, 4.69) is 25.8 Å². The fourth-order valence-corrected chi connectivity index (χ4v) is 2.39. The van der Waals surface area contributed by atoms with E-state index in [1.165, 1.54) is 0 Å². The number of pyridine rings is 1. The van der Waals surface area contributed by atoms with Gasteiger partial charge in [0.2, 0.25) is 5.88 Å². The Balaban J connectivity index is 2.19. The molecule has 0 saturated heterocycles. The molecule has 0 radical (unpaired) electrons. The molecule has 2 rings (SSSR count). The van der Waals surface area contributed by atoms with Crippen LogP contribution in [0.3, 0.4) is 0 Å². The Morgan fingerprint density at radius 1 is 1.36 bits per heavy atom.